The lowest BCUT2D eigenvalue weighted by molar-refractivity contribution is -0.393. The summed E-state index contributed by atoms with van der Waals surface area (Å²) < 4.78 is 0. The molecule has 3 rings (SSSR count). The van der Waals surface area contributed by atoms with Gasteiger partial charge in [-0.2, -0.15) is 5.10 Å². The maximum Gasteiger partial charge on any atom is 0.301 e. The Morgan fingerprint density at radius 1 is 0.806 bits per heavy atom. The number of nitro benzene ring substituents is 3. The number of nitro groups is 3. The van der Waals surface area contributed by atoms with Crippen molar-refractivity contribution in [2.75, 3.05) is 11.2 Å². The van der Waals surface area contributed by atoms with Crippen molar-refractivity contribution < 1.29 is 14.8 Å². The van der Waals surface area contributed by atoms with E-state index in [0.717, 1.165) is 18.2 Å². The first-order valence-corrected chi connectivity index (χ1v) is 8.64. The van der Waals surface area contributed by atoms with E-state index < -0.39 is 26.1 Å². The van der Waals surface area contributed by atoms with Gasteiger partial charge in [0.15, 0.2) is 0 Å². The number of hydrogen-bond acceptors (Lipinski definition) is 9. The molecule has 3 aromatic rings. The van der Waals surface area contributed by atoms with Gasteiger partial charge in [0.1, 0.15) is 11.4 Å². The van der Waals surface area contributed by atoms with Crippen LogP contribution in [0.25, 0.3) is 0 Å². The quantitative estimate of drug-likeness (QED) is 0.249. The molecule has 3 N–H and O–H groups in total. The molecule has 0 aliphatic rings. The molecule has 12 heteroatoms. The van der Waals surface area contributed by atoms with Gasteiger partial charge in [-0.3, -0.25) is 35.8 Å². The molecule has 0 unspecified atom stereocenters. The van der Waals surface area contributed by atoms with Crippen molar-refractivity contribution in [2.24, 2.45) is 5.10 Å². The molecule has 0 amide bonds. The Labute approximate surface area is 174 Å². The van der Waals surface area contributed by atoms with Crippen LogP contribution in [0, 0.1) is 30.3 Å². The number of hydrogen-bond donors (Lipinski definition) is 2. The maximum atomic E-state index is 11.4. The maximum absolute atomic E-state index is 11.4. The summed E-state index contributed by atoms with van der Waals surface area (Å²) in [6.45, 7) is 0. The molecule has 0 heterocycles. The summed E-state index contributed by atoms with van der Waals surface area (Å²) in [6, 6.07) is 15.5. The summed E-state index contributed by atoms with van der Waals surface area (Å²) in [5.74, 6) is 0. The molecule has 12 nitrogen and oxygen atoms in total. The standard InChI is InChI=1S/C19H14N6O6/c20-16-8-6-13(23(26)27)10-15(16)19(12-4-2-1-3-5-12)22-21-17-9-7-14(24(28)29)11-18(17)25(30)31/h1-11,21H,20H2. The summed E-state index contributed by atoms with van der Waals surface area (Å²) in [6.07, 6.45) is 0. The predicted molar refractivity (Wildman–Crippen MR) is 113 cm³/mol. The minimum atomic E-state index is -0.783. The summed E-state index contributed by atoms with van der Waals surface area (Å²) >= 11 is 0. The Kier molecular flexibility index (Phi) is 5.82. The monoisotopic (exact) mass is 422 g/mol. The van der Waals surface area contributed by atoms with Gasteiger partial charge in [0.25, 0.3) is 11.4 Å². The zero-order valence-corrected chi connectivity index (χ0v) is 15.7. The van der Waals surface area contributed by atoms with Gasteiger partial charge in [0.2, 0.25) is 0 Å². The van der Waals surface area contributed by atoms with Crippen LogP contribution >= 0.6 is 0 Å². The molecule has 0 spiro atoms. The molecule has 0 saturated carbocycles. The van der Waals surface area contributed by atoms with Crippen LogP contribution in [0.15, 0.2) is 71.8 Å². The fourth-order valence-electron chi connectivity index (χ4n) is 2.73. The molecule has 0 saturated heterocycles. The predicted octanol–water partition coefficient (Wildman–Crippen LogP) is 3.86. The second-order valence-electron chi connectivity index (χ2n) is 6.18. The zero-order valence-electron chi connectivity index (χ0n) is 15.7. The number of anilines is 2. The molecule has 31 heavy (non-hydrogen) atoms. The summed E-state index contributed by atoms with van der Waals surface area (Å²) in [5, 5.41) is 37.7. The molecule has 0 aliphatic carbocycles. The van der Waals surface area contributed by atoms with Crippen LogP contribution in [0.1, 0.15) is 11.1 Å². The number of nitrogens with zero attached hydrogens (tertiary/aromatic N) is 4. The number of nitrogens with two attached hydrogens (primary N) is 1. The average Bonchev–Trinajstić information content (AvgIpc) is 2.75. The van der Waals surface area contributed by atoms with Crippen LogP contribution in [0.4, 0.5) is 28.4 Å². The Morgan fingerprint density at radius 2 is 1.42 bits per heavy atom. The molecule has 0 bridgehead atoms. The van der Waals surface area contributed by atoms with Gasteiger partial charge in [-0.15, -0.1) is 0 Å². The van der Waals surface area contributed by atoms with Crippen LogP contribution in [0.5, 0.6) is 0 Å². The number of nitrogen functional groups attached to an aromatic ring is 1. The Hall–Kier alpha value is -4.87. The SMILES string of the molecule is Nc1ccc([N+](=O)[O-])cc1C(=NNc1ccc([N+](=O)[O-])cc1[N+](=O)[O-])c1ccccc1. The minimum Gasteiger partial charge on any atom is -0.398 e. The first-order chi connectivity index (χ1) is 14.8. The van der Waals surface area contributed by atoms with E-state index in [1.165, 1.54) is 18.2 Å². The van der Waals surface area contributed by atoms with Gasteiger partial charge in [-0.25, -0.2) is 0 Å². The highest BCUT2D eigenvalue weighted by Gasteiger charge is 2.20. The number of non-ortho nitro benzene ring substituents is 2. The van der Waals surface area contributed by atoms with Crippen LogP contribution in [0.3, 0.4) is 0 Å². The van der Waals surface area contributed by atoms with Crippen molar-refractivity contribution in [1.82, 2.24) is 0 Å². The van der Waals surface area contributed by atoms with E-state index >= 15 is 0 Å². The van der Waals surface area contributed by atoms with Crippen LogP contribution in [-0.4, -0.2) is 20.5 Å². The van der Waals surface area contributed by atoms with Crippen molar-refractivity contribution in [2.45, 2.75) is 0 Å². The summed E-state index contributed by atoms with van der Waals surface area (Å²) in [4.78, 5) is 31.3. The fraction of sp³-hybridized carbons (Fsp3) is 0. The third kappa shape index (κ3) is 4.59. The number of nitrogens with one attached hydrogen (secondary N) is 1. The number of benzene rings is 3. The van der Waals surface area contributed by atoms with E-state index in [2.05, 4.69) is 10.5 Å². The molecule has 3 aromatic carbocycles. The average molecular weight is 422 g/mol. The zero-order chi connectivity index (χ0) is 22.5. The summed E-state index contributed by atoms with van der Waals surface area (Å²) in [5.41, 5.74) is 8.38. The molecular formula is C19H14N6O6. The molecule has 0 fully saturated rings. The van der Waals surface area contributed by atoms with Gasteiger partial charge < -0.3 is 5.73 Å². The van der Waals surface area contributed by atoms with Crippen LogP contribution in [0.2, 0.25) is 0 Å². The first-order valence-electron chi connectivity index (χ1n) is 8.64. The lowest BCUT2D eigenvalue weighted by atomic mass is 10.0. The molecule has 0 atom stereocenters. The topological polar surface area (TPSA) is 180 Å². The van der Waals surface area contributed by atoms with Crippen LogP contribution in [-0.2, 0) is 0 Å². The van der Waals surface area contributed by atoms with Crippen molar-refractivity contribution in [3.8, 4) is 0 Å². The van der Waals surface area contributed by atoms with E-state index in [-0.39, 0.29) is 28.3 Å². The highest BCUT2D eigenvalue weighted by molar-refractivity contribution is 6.16. The number of rotatable bonds is 7. The molecule has 0 radical (unpaired) electrons. The van der Waals surface area contributed by atoms with Crippen molar-refractivity contribution >= 4 is 34.1 Å². The molecule has 156 valence electrons. The van der Waals surface area contributed by atoms with Crippen molar-refractivity contribution in [1.29, 1.82) is 0 Å². The molecular weight excluding hydrogens is 408 g/mol. The number of hydrazone groups is 1. The molecule has 0 aliphatic heterocycles. The van der Waals surface area contributed by atoms with E-state index in [0.29, 0.717) is 5.56 Å². The third-order valence-electron chi connectivity index (χ3n) is 4.23. The fourth-order valence-corrected chi connectivity index (χ4v) is 2.73. The van der Waals surface area contributed by atoms with Gasteiger partial charge in [-0.1, -0.05) is 30.3 Å². The smallest absolute Gasteiger partial charge is 0.301 e. The van der Waals surface area contributed by atoms with E-state index in [9.17, 15) is 30.3 Å². The van der Waals surface area contributed by atoms with E-state index in [1.54, 1.807) is 30.3 Å². The van der Waals surface area contributed by atoms with Crippen molar-refractivity contribution in [3.05, 3.63) is 108 Å². The lowest BCUT2D eigenvalue weighted by Gasteiger charge is -2.11. The Morgan fingerprint density at radius 3 is 2.03 bits per heavy atom. The van der Waals surface area contributed by atoms with Gasteiger partial charge in [0.05, 0.1) is 20.8 Å². The largest absolute Gasteiger partial charge is 0.398 e. The highest BCUT2D eigenvalue weighted by atomic mass is 16.6. The normalized spacial score (nSPS) is 11.0. The second-order valence-corrected chi connectivity index (χ2v) is 6.18. The third-order valence-corrected chi connectivity index (χ3v) is 4.23. The van der Waals surface area contributed by atoms with Gasteiger partial charge in [-0.05, 0) is 12.1 Å². The summed E-state index contributed by atoms with van der Waals surface area (Å²) in [7, 11) is 0. The van der Waals surface area contributed by atoms with E-state index in [1.807, 2.05) is 0 Å². The lowest BCUT2D eigenvalue weighted by Crippen LogP contribution is -2.10. The van der Waals surface area contributed by atoms with Crippen molar-refractivity contribution in [3.63, 3.8) is 0 Å². The first kappa shape index (κ1) is 20.9. The van der Waals surface area contributed by atoms with Gasteiger partial charge in [0, 0.05) is 35.0 Å². The second kappa shape index (κ2) is 8.65. The molecule has 0 aromatic heterocycles. The Bertz CT molecular complexity index is 1210. The van der Waals surface area contributed by atoms with E-state index in [4.69, 9.17) is 5.73 Å². The van der Waals surface area contributed by atoms with Gasteiger partial charge >= 0.3 is 5.69 Å². The van der Waals surface area contributed by atoms with Crippen LogP contribution < -0.4 is 11.2 Å². The Balaban J connectivity index is 2.13. The highest BCUT2D eigenvalue weighted by Crippen LogP contribution is 2.30. The minimum absolute atomic E-state index is 0.104.